The molecule has 3 saturated heterocycles. The van der Waals surface area contributed by atoms with Crippen LogP contribution in [0.2, 0.25) is 0 Å². The summed E-state index contributed by atoms with van der Waals surface area (Å²) in [6.45, 7) is 6.09. The van der Waals surface area contributed by atoms with Crippen molar-refractivity contribution in [3.05, 3.63) is 0 Å². The highest BCUT2D eigenvalue weighted by atomic mass is 16.6. The van der Waals surface area contributed by atoms with Gasteiger partial charge >= 0.3 is 5.97 Å². The maximum absolute atomic E-state index is 11.8. The van der Waals surface area contributed by atoms with Gasteiger partial charge in [-0.3, -0.25) is 10.1 Å². The van der Waals surface area contributed by atoms with E-state index in [1.807, 2.05) is 0 Å². The molecule has 6 fully saturated rings. The lowest BCUT2D eigenvalue weighted by Gasteiger charge is -2.61. The Hall–Kier alpha value is -0.610. The first-order valence-electron chi connectivity index (χ1n) is 10.6. The molecule has 0 aromatic carbocycles. The number of carbonyl (C=O) groups is 1. The molecule has 0 aromatic heterocycles. The number of rotatable bonds is 0. The first kappa shape index (κ1) is 15.4. The first-order valence-corrected chi connectivity index (χ1v) is 10.6. The van der Waals surface area contributed by atoms with E-state index in [0.717, 1.165) is 36.6 Å². The Labute approximate surface area is 150 Å². The smallest absolute Gasteiger partial charge is 0.306 e. The van der Waals surface area contributed by atoms with E-state index < -0.39 is 0 Å². The van der Waals surface area contributed by atoms with Crippen LogP contribution in [-0.2, 0) is 14.3 Å². The molecule has 3 heterocycles. The number of hydrogen-bond donors (Lipinski definition) is 1. The molecule has 6 rings (SSSR count). The lowest BCUT2D eigenvalue weighted by atomic mass is 9.45. The fraction of sp³-hybridized carbons (Fsp3) is 0.952. The Bertz CT molecular complexity index is 622. The highest BCUT2D eigenvalue weighted by Gasteiger charge is 2.66. The molecule has 6 aliphatic rings. The molecule has 4 nitrogen and oxygen atoms in total. The van der Waals surface area contributed by atoms with Gasteiger partial charge in [0.2, 0.25) is 0 Å². The van der Waals surface area contributed by atoms with Crippen LogP contribution in [0.5, 0.6) is 0 Å². The van der Waals surface area contributed by atoms with Gasteiger partial charge in [-0.15, -0.1) is 0 Å². The summed E-state index contributed by atoms with van der Waals surface area (Å²) in [4.78, 5) is 11.8. The highest BCUT2D eigenvalue weighted by Crippen LogP contribution is 2.69. The van der Waals surface area contributed by atoms with E-state index in [1.54, 1.807) is 0 Å². The Morgan fingerprint density at radius 1 is 1.08 bits per heavy atom. The predicted octanol–water partition coefficient (Wildman–Crippen LogP) is 3.11. The zero-order chi connectivity index (χ0) is 17.0. The topological polar surface area (TPSA) is 47.6 Å². The van der Waals surface area contributed by atoms with Gasteiger partial charge in [-0.05, 0) is 67.6 Å². The SMILES string of the molecule is C[C@]12CC[C@H]3[C@@H](CC[C@@H]4C[C@@H]5NC[C@@H](O5)[C@@]43C)[C@@H]1C[C@@H]1OC(=O)C[C@@H]12. The average molecular weight is 345 g/mol. The third-order valence-electron chi connectivity index (χ3n) is 9.91. The van der Waals surface area contributed by atoms with Gasteiger partial charge < -0.3 is 9.47 Å². The average Bonchev–Trinajstić information content (AvgIpc) is 3.23. The van der Waals surface area contributed by atoms with E-state index >= 15 is 0 Å². The Morgan fingerprint density at radius 2 is 1.96 bits per heavy atom. The zero-order valence-corrected chi connectivity index (χ0v) is 15.5. The summed E-state index contributed by atoms with van der Waals surface area (Å²) in [5, 5.41) is 3.61. The summed E-state index contributed by atoms with van der Waals surface area (Å²) in [6, 6.07) is 0. The molecule has 0 spiro atoms. The van der Waals surface area contributed by atoms with Crippen molar-refractivity contribution < 1.29 is 14.3 Å². The lowest BCUT2D eigenvalue weighted by Crippen LogP contribution is -2.58. The van der Waals surface area contributed by atoms with Gasteiger partial charge in [-0.2, -0.15) is 0 Å². The molecule has 10 atom stereocenters. The van der Waals surface area contributed by atoms with Crippen LogP contribution in [0.4, 0.5) is 0 Å². The molecule has 2 bridgehead atoms. The van der Waals surface area contributed by atoms with E-state index in [4.69, 9.17) is 9.47 Å². The minimum atomic E-state index is 0.0521. The van der Waals surface area contributed by atoms with Crippen LogP contribution >= 0.6 is 0 Å². The van der Waals surface area contributed by atoms with Gasteiger partial charge in [0.25, 0.3) is 0 Å². The van der Waals surface area contributed by atoms with Crippen molar-refractivity contribution in [3.8, 4) is 0 Å². The van der Waals surface area contributed by atoms with Gasteiger partial charge in [-0.1, -0.05) is 13.8 Å². The molecule has 4 heteroatoms. The monoisotopic (exact) mass is 345 g/mol. The van der Waals surface area contributed by atoms with Gasteiger partial charge in [0, 0.05) is 17.9 Å². The number of hydrogen-bond acceptors (Lipinski definition) is 4. The van der Waals surface area contributed by atoms with E-state index in [1.165, 1.54) is 32.1 Å². The Morgan fingerprint density at radius 3 is 2.84 bits per heavy atom. The molecular weight excluding hydrogens is 314 g/mol. The number of fused-ring (bicyclic) bond motifs is 10. The quantitative estimate of drug-likeness (QED) is 0.685. The van der Waals surface area contributed by atoms with Crippen molar-refractivity contribution in [2.45, 2.75) is 77.2 Å². The number of ether oxygens (including phenoxy) is 2. The van der Waals surface area contributed by atoms with Crippen molar-refractivity contribution in [1.29, 1.82) is 0 Å². The molecule has 25 heavy (non-hydrogen) atoms. The summed E-state index contributed by atoms with van der Waals surface area (Å²) in [6.07, 6.45) is 9.32. The van der Waals surface area contributed by atoms with E-state index in [2.05, 4.69) is 19.2 Å². The van der Waals surface area contributed by atoms with Crippen LogP contribution < -0.4 is 5.32 Å². The molecule has 3 saturated carbocycles. The minimum Gasteiger partial charge on any atom is -0.462 e. The van der Waals surface area contributed by atoms with E-state index in [9.17, 15) is 4.79 Å². The van der Waals surface area contributed by atoms with Crippen molar-refractivity contribution in [2.75, 3.05) is 6.54 Å². The fourth-order valence-electron chi connectivity index (χ4n) is 8.62. The van der Waals surface area contributed by atoms with Crippen molar-refractivity contribution >= 4 is 5.97 Å². The number of esters is 1. The van der Waals surface area contributed by atoms with Gasteiger partial charge in [-0.25, -0.2) is 0 Å². The van der Waals surface area contributed by atoms with Gasteiger partial charge in [0.05, 0.1) is 12.5 Å². The van der Waals surface area contributed by atoms with Crippen molar-refractivity contribution in [2.24, 2.45) is 40.4 Å². The zero-order valence-electron chi connectivity index (χ0n) is 15.5. The Kier molecular flexibility index (Phi) is 2.97. The maximum atomic E-state index is 11.8. The van der Waals surface area contributed by atoms with Crippen molar-refractivity contribution in [1.82, 2.24) is 5.32 Å². The molecule has 0 aromatic rings. The predicted molar refractivity (Wildman–Crippen MR) is 92.5 cm³/mol. The molecule has 138 valence electrons. The fourth-order valence-corrected chi connectivity index (χ4v) is 8.62. The molecule has 0 unspecified atom stereocenters. The number of nitrogens with one attached hydrogen (secondary N) is 1. The summed E-state index contributed by atoms with van der Waals surface area (Å²) in [5.41, 5.74) is 0.672. The largest absolute Gasteiger partial charge is 0.462 e. The maximum Gasteiger partial charge on any atom is 0.306 e. The van der Waals surface area contributed by atoms with Gasteiger partial charge in [0.1, 0.15) is 12.3 Å². The van der Waals surface area contributed by atoms with Crippen LogP contribution in [-0.4, -0.2) is 30.9 Å². The van der Waals surface area contributed by atoms with Crippen LogP contribution in [0, 0.1) is 40.4 Å². The molecule has 0 radical (unpaired) electrons. The van der Waals surface area contributed by atoms with Gasteiger partial charge in [0.15, 0.2) is 0 Å². The summed E-state index contributed by atoms with van der Waals surface area (Å²) in [5.74, 6) is 3.72. The van der Waals surface area contributed by atoms with Crippen LogP contribution in [0.25, 0.3) is 0 Å². The van der Waals surface area contributed by atoms with Crippen LogP contribution in [0.15, 0.2) is 0 Å². The normalized spacial score (nSPS) is 61.9. The second-order valence-electron chi connectivity index (χ2n) is 10.4. The van der Waals surface area contributed by atoms with E-state index in [0.29, 0.717) is 35.5 Å². The third-order valence-corrected chi connectivity index (χ3v) is 9.91. The molecule has 3 aliphatic carbocycles. The van der Waals surface area contributed by atoms with Crippen molar-refractivity contribution in [3.63, 3.8) is 0 Å². The lowest BCUT2D eigenvalue weighted by molar-refractivity contribution is -0.193. The second kappa shape index (κ2) is 4.81. The molecular formula is C21H31NO3. The first-order chi connectivity index (χ1) is 12.0. The summed E-state index contributed by atoms with van der Waals surface area (Å²) in [7, 11) is 0. The number of carbonyl (C=O) groups excluding carboxylic acids is 1. The van der Waals surface area contributed by atoms with E-state index in [-0.39, 0.29) is 12.1 Å². The Balaban J connectivity index is 1.35. The standard InChI is InChI=1S/C21H31NO3/c1-20-6-5-13-12(14(20)8-16-15(20)9-19(23)24-16)4-3-11-7-18-22-10-17(25-18)21(11,13)2/h11-18,22H,3-10H2,1-2H3/t11-,12-,13+,14+,15+,16+,17-,18-,20+,21+/m1/s1. The van der Waals surface area contributed by atoms with Crippen LogP contribution in [0.1, 0.15) is 58.8 Å². The molecule has 3 aliphatic heterocycles. The minimum absolute atomic E-state index is 0.0521. The molecule has 1 N–H and O–H groups in total. The summed E-state index contributed by atoms with van der Waals surface area (Å²) < 4.78 is 12.1. The summed E-state index contributed by atoms with van der Waals surface area (Å²) >= 11 is 0. The van der Waals surface area contributed by atoms with Crippen LogP contribution in [0.3, 0.4) is 0 Å². The highest BCUT2D eigenvalue weighted by molar-refractivity contribution is 5.72. The third kappa shape index (κ3) is 1.79. The molecule has 0 amide bonds. The second-order valence-corrected chi connectivity index (χ2v) is 10.4.